The van der Waals surface area contributed by atoms with Crippen molar-refractivity contribution in [3.8, 4) is 0 Å². The van der Waals surface area contributed by atoms with Crippen LogP contribution in [-0.4, -0.2) is 86.2 Å². The molecule has 204 valence electrons. The van der Waals surface area contributed by atoms with Crippen LogP contribution in [0.5, 0.6) is 0 Å². The van der Waals surface area contributed by atoms with Crippen molar-refractivity contribution in [2.24, 2.45) is 35.0 Å². The average molecular weight is 542 g/mol. The number of nitrogens with zero attached hydrogens (tertiary/aromatic N) is 2. The van der Waals surface area contributed by atoms with Gasteiger partial charge in [-0.15, -0.1) is 0 Å². The van der Waals surface area contributed by atoms with Gasteiger partial charge in [-0.1, -0.05) is 25.6 Å². The number of aromatic nitrogens is 1. The van der Waals surface area contributed by atoms with Crippen molar-refractivity contribution in [3.63, 3.8) is 0 Å². The zero-order valence-electron chi connectivity index (χ0n) is 23.2. The summed E-state index contributed by atoms with van der Waals surface area (Å²) in [5.41, 5.74) is 14.4. The van der Waals surface area contributed by atoms with Crippen LogP contribution in [-0.2, 0) is 10.9 Å². The van der Waals surface area contributed by atoms with E-state index in [1.807, 2.05) is 13.8 Å². The van der Waals surface area contributed by atoms with E-state index in [-0.39, 0.29) is 23.0 Å². The van der Waals surface area contributed by atoms with Gasteiger partial charge >= 0.3 is 6.18 Å². The number of halogens is 3. The van der Waals surface area contributed by atoms with Crippen molar-refractivity contribution in [2.45, 2.75) is 68.3 Å². The highest BCUT2D eigenvalue weighted by Gasteiger charge is 2.48. The highest BCUT2D eigenvalue weighted by molar-refractivity contribution is 6.44. The lowest BCUT2D eigenvalue weighted by atomic mass is 9.43. The molecule has 0 amide bonds. The second-order valence-electron chi connectivity index (χ2n) is 10.5. The van der Waals surface area contributed by atoms with Gasteiger partial charge in [-0.3, -0.25) is 4.98 Å². The number of hydrogen-bond donors (Lipinski definition) is 3. The average Bonchev–Trinajstić information content (AvgIpc) is 3.45. The van der Waals surface area contributed by atoms with Crippen molar-refractivity contribution in [1.29, 1.82) is 0 Å². The molecule has 15 heteroatoms. The molecule has 3 aliphatic rings. The molecule has 2 saturated heterocycles. The summed E-state index contributed by atoms with van der Waals surface area (Å²) < 4.78 is 43.1. The summed E-state index contributed by atoms with van der Waals surface area (Å²) in [4.78, 5) is 5.43. The quantitative estimate of drug-likeness (QED) is 0.392. The van der Waals surface area contributed by atoms with E-state index >= 15 is 0 Å². The summed E-state index contributed by atoms with van der Waals surface area (Å²) in [6.07, 6.45) is 3.40. The molecule has 40 heavy (non-hydrogen) atoms. The summed E-state index contributed by atoms with van der Waals surface area (Å²) in [5.74, 6) is 1.15. The van der Waals surface area contributed by atoms with Gasteiger partial charge in [0, 0.05) is 30.5 Å². The third-order valence-corrected chi connectivity index (χ3v) is 7.28. The van der Waals surface area contributed by atoms with E-state index in [2.05, 4.69) is 9.88 Å². The van der Waals surface area contributed by atoms with E-state index in [0.717, 1.165) is 19.3 Å². The Morgan fingerprint density at radius 1 is 1.00 bits per heavy atom. The van der Waals surface area contributed by atoms with Gasteiger partial charge in [-0.05, 0) is 78.5 Å². The first kappa shape index (κ1) is 34.3. The molecule has 1 aromatic heterocycles. The third-order valence-electron chi connectivity index (χ3n) is 7.28. The van der Waals surface area contributed by atoms with Gasteiger partial charge in [0.15, 0.2) is 5.69 Å². The van der Waals surface area contributed by atoms with Gasteiger partial charge in [-0.25, -0.2) is 0 Å². The summed E-state index contributed by atoms with van der Waals surface area (Å²) in [6.45, 7) is 5.86. The van der Waals surface area contributed by atoms with Gasteiger partial charge in [-0.2, -0.15) is 13.2 Å². The highest BCUT2D eigenvalue weighted by atomic mass is 19.4. The molecule has 1 aromatic rings. The molecule has 4 rings (SSSR count). The Morgan fingerprint density at radius 3 is 2.00 bits per heavy atom. The molecule has 3 fully saturated rings. The van der Waals surface area contributed by atoms with Crippen molar-refractivity contribution in [1.82, 2.24) is 9.88 Å². The van der Waals surface area contributed by atoms with E-state index in [9.17, 15) is 13.2 Å². The molecule has 2 aliphatic heterocycles. The van der Waals surface area contributed by atoms with Gasteiger partial charge in [0.2, 0.25) is 0 Å². The van der Waals surface area contributed by atoms with Crippen molar-refractivity contribution in [3.05, 3.63) is 47.6 Å². The molecule has 12 radical (unpaired) electrons. The van der Waals surface area contributed by atoms with Crippen LogP contribution in [0.25, 0.3) is 5.70 Å². The predicted molar refractivity (Wildman–Crippen MR) is 158 cm³/mol. The maximum Gasteiger partial charge on any atom is 0.434 e. The van der Waals surface area contributed by atoms with E-state index in [4.69, 9.17) is 69.0 Å². The number of pyridine rings is 1. The number of ether oxygens (including phenoxy) is 1. The monoisotopic (exact) mass is 543 g/mol. The molecule has 6 N–H and O–H groups in total. The van der Waals surface area contributed by atoms with Crippen LogP contribution in [0.2, 0.25) is 0 Å². The Hall–Kier alpha value is -1.87. The lowest BCUT2D eigenvalue weighted by Crippen LogP contribution is -2.63. The predicted octanol–water partition coefficient (Wildman–Crippen LogP) is 1.30. The number of fused-ring (bicyclic) bond motifs is 1. The van der Waals surface area contributed by atoms with Gasteiger partial charge < -0.3 is 26.8 Å². The minimum absolute atomic E-state index is 0.0506. The first-order chi connectivity index (χ1) is 18.4. The molecule has 0 spiro atoms. The molecular formula is C25H34B6F3N5O. The minimum Gasteiger partial charge on any atom is -0.407 e. The van der Waals surface area contributed by atoms with Gasteiger partial charge in [0.05, 0.1) is 52.9 Å². The molecule has 2 unspecified atom stereocenters. The second-order valence-corrected chi connectivity index (χ2v) is 10.5. The Balaban J connectivity index is 0.000000270. The SMILES string of the molecule is CC.NC(N)=C/C=C(\N)c1cccnc1C(F)(F)F.[B]C1([B])CC(C([B])([B])N2CC3CCCC3C2)CC([B])([B])O1. The van der Waals surface area contributed by atoms with Crippen LogP contribution in [0.3, 0.4) is 0 Å². The Kier molecular flexibility index (Phi) is 11.5. The number of allylic oxidation sites excluding steroid dienone is 2. The molecular weight excluding hydrogens is 508 g/mol. The fraction of sp³-hybridized carbons (Fsp3) is 0.640. The first-order valence-corrected chi connectivity index (χ1v) is 13.3. The largest absolute Gasteiger partial charge is 0.434 e. The minimum atomic E-state index is -4.56. The Morgan fingerprint density at radius 2 is 1.52 bits per heavy atom. The number of nitrogens with two attached hydrogens (primary N) is 3. The molecule has 1 aliphatic carbocycles. The van der Waals surface area contributed by atoms with E-state index < -0.39 is 28.0 Å². The Bertz CT molecular complexity index is 1020. The van der Waals surface area contributed by atoms with Crippen LogP contribution in [0.1, 0.15) is 57.2 Å². The van der Waals surface area contributed by atoms with Crippen molar-refractivity contribution in [2.75, 3.05) is 13.1 Å². The normalized spacial score (nSPS) is 24.6. The number of likely N-dealkylation sites (tertiary alicyclic amines) is 1. The summed E-state index contributed by atoms with van der Waals surface area (Å²) in [7, 11) is 36.5. The number of alkyl halides is 3. The molecule has 0 aromatic carbocycles. The van der Waals surface area contributed by atoms with Crippen molar-refractivity contribution >= 4 is 52.8 Å². The van der Waals surface area contributed by atoms with Gasteiger partial charge in [0.1, 0.15) is 0 Å². The van der Waals surface area contributed by atoms with Gasteiger partial charge in [0.25, 0.3) is 0 Å². The number of rotatable bonds is 4. The van der Waals surface area contributed by atoms with E-state index in [1.165, 1.54) is 43.5 Å². The standard InChI is InChI=1S/C13H17B6NO.C10H11F3N4.C2H6/c14-11(15)4-10(5-12(16,17)21-11)13(18,19)20-6-8-2-1-3-9(8)7-20;11-10(12,13)9-6(2-1-5-17-9)7(14)3-4-8(15)16;1-2/h8-10H,1-7H2;1-5H,14-16H2;1-2H3/b;7-3-;. The summed E-state index contributed by atoms with van der Waals surface area (Å²) >= 11 is 0. The molecule has 3 heterocycles. The topological polar surface area (TPSA) is 103 Å². The van der Waals surface area contributed by atoms with E-state index in [1.54, 1.807) is 0 Å². The van der Waals surface area contributed by atoms with Crippen LogP contribution in [0, 0.1) is 17.8 Å². The zero-order chi connectivity index (χ0) is 30.5. The second kappa shape index (κ2) is 13.4. The fourth-order valence-electron chi connectivity index (χ4n) is 5.56. The first-order valence-electron chi connectivity index (χ1n) is 13.3. The third kappa shape index (κ3) is 9.07. The lowest BCUT2D eigenvalue weighted by molar-refractivity contribution is -0.141. The maximum absolute atomic E-state index is 12.6. The Labute approximate surface area is 244 Å². The summed E-state index contributed by atoms with van der Waals surface area (Å²) in [6, 6.07) is 2.59. The highest BCUT2D eigenvalue weighted by Crippen LogP contribution is 2.44. The zero-order valence-corrected chi connectivity index (χ0v) is 23.2. The smallest absolute Gasteiger partial charge is 0.407 e. The molecule has 0 bridgehead atoms. The molecule has 6 nitrogen and oxygen atoms in total. The van der Waals surface area contributed by atoms with E-state index in [0.29, 0.717) is 24.7 Å². The maximum atomic E-state index is 12.6. The molecule has 2 atom stereocenters. The van der Waals surface area contributed by atoms with Crippen LogP contribution in [0.4, 0.5) is 13.2 Å². The van der Waals surface area contributed by atoms with Crippen LogP contribution < -0.4 is 17.2 Å². The number of hydrogen-bond acceptors (Lipinski definition) is 6. The van der Waals surface area contributed by atoms with Crippen molar-refractivity contribution < 1.29 is 17.9 Å². The lowest BCUT2D eigenvalue weighted by Gasteiger charge is -2.55. The van der Waals surface area contributed by atoms with Crippen LogP contribution in [0.15, 0.2) is 36.3 Å². The fourth-order valence-corrected chi connectivity index (χ4v) is 5.56. The molecule has 1 saturated carbocycles. The van der Waals surface area contributed by atoms with Crippen LogP contribution >= 0.6 is 0 Å². The summed E-state index contributed by atoms with van der Waals surface area (Å²) in [5, 5.41) is -3.81.